The Labute approximate surface area is 197 Å². The van der Waals surface area contributed by atoms with Gasteiger partial charge >= 0.3 is 5.97 Å². The first-order valence-electron chi connectivity index (χ1n) is 11.6. The van der Waals surface area contributed by atoms with Crippen molar-refractivity contribution in [2.24, 2.45) is 0 Å². The SMILES string of the molecule is COC(=O)c1ccncc1CC[C@@H]1CCCc2cc(N(C)c3ccc(N(C)C)cc3)ccc21. The van der Waals surface area contributed by atoms with E-state index in [1.54, 1.807) is 18.5 Å². The molecule has 0 aliphatic heterocycles. The van der Waals surface area contributed by atoms with Crippen LogP contribution in [0.5, 0.6) is 0 Å². The first-order chi connectivity index (χ1) is 16.0. The van der Waals surface area contributed by atoms with Crippen molar-refractivity contribution in [1.29, 1.82) is 0 Å². The molecule has 33 heavy (non-hydrogen) atoms. The van der Waals surface area contributed by atoms with Crippen LogP contribution in [0.2, 0.25) is 0 Å². The fourth-order valence-electron chi connectivity index (χ4n) is 4.80. The number of hydrogen-bond acceptors (Lipinski definition) is 5. The highest BCUT2D eigenvalue weighted by Gasteiger charge is 2.22. The molecule has 4 rings (SSSR count). The molecule has 3 aromatic rings. The topological polar surface area (TPSA) is 45.7 Å². The van der Waals surface area contributed by atoms with Crippen molar-refractivity contribution in [3.05, 3.63) is 83.2 Å². The normalized spacial score (nSPS) is 15.0. The van der Waals surface area contributed by atoms with Crippen LogP contribution in [0.15, 0.2) is 60.9 Å². The highest BCUT2D eigenvalue weighted by molar-refractivity contribution is 5.90. The molecule has 0 saturated heterocycles. The lowest BCUT2D eigenvalue weighted by Crippen LogP contribution is -2.15. The predicted octanol–water partition coefficient (Wildman–Crippen LogP) is 5.75. The van der Waals surface area contributed by atoms with Crippen LogP contribution in [-0.4, -0.2) is 39.2 Å². The van der Waals surface area contributed by atoms with E-state index < -0.39 is 0 Å². The molecule has 0 unspecified atom stereocenters. The third-order valence-electron chi connectivity index (χ3n) is 6.78. The van der Waals surface area contributed by atoms with Gasteiger partial charge in [-0.15, -0.1) is 0 Å². The number of aromatic nitrogens is 1. The van der Waals surface area contributed by atoms with E-state index in [1.165, 1.54) is 48.1 Å². The van der Waals surface area contributed by atoms with E-state index in [9.17, 15) is 4.79 Å². The molecular formula is C28H33N3O2. The molecule has 1 atom stereocenters. The van der Waals surface area contributed by atoms with Gasteiger partial charge in [-0.25, -0.2) is 4.79 Å². The third-order valence-corrected chi connectivity index (χ3v) is 6.78. The van der Waals surface area contributed by atoms with Gasteiger partial charge in [0, 0.05) is 50.6 Å². The summed E-state index contributed by atoms with van der Waals surface area (Å²) in [6.07, 6.45) is 8.77. The van der Waals surface area contributed by atoms with Crippen LogP contribution in [0, 0.1) is 0 Å². The van der Waals surface area contributed by atoms with Crippen molar-refractivity contribution in [3.8, 4) is 0 Å². The lowest BCUT2D eigenvalue weighted by molar-refractivity contribution is 0.0599. The fraction of sp³-hybridized carbons (Fsp3) is 0.357. The molecule has 0 bridgehead atoms. The molecule has 0 N–H and O–H groups in total. The molecule has 5 nitrogen and oxygen atoms in total. The number of methoxy groups -OCH3 is 1. The second-order valence-corrected chi connectivity index (χ2v) is 9.01. The van der Waals surface area contributed by atoms with Crippen LogP contribution in [-0.2, 0) is 17.6 Å². The molecule has 1 aromatic heterocycles. The van der Waals surface area contributed by atoms with Crippen molar-refractivity contribution in [2.75, 3.05) is 38.1 Å². The van der Waals surface area contributed by atoms with Crippen LogP contribution in [0.1, 0.15) is 52.2 Å². The van der Waals surface area contributed by atoms with Crippen LogP contribution < -0.4 is 9.80 Å². The molecule has 0 saturated carbocycles. The minimum absolute atomic E-state index is 0.289. The van der Waals surface area contributed by atoms with Gasteiger partial charge in [0.05, 0.1) is 12.7 Å². The van der Waals surface area contributed by atoms with E-state index in [1.807, 2.05) is 0 Å². The molecule has 1 heterocycles. The lowest BCUT2D eigenvalue weighted by Gasteiger charge is -2.28. The Morgan fingerprint density at radius 1 is 1.03 bits per heavy atom. The van der Waals surface area contributed by atoms with Gasteiger partial charge in [0.1, 0.15) is 0 Å². The van der Waals surface area contributed by atoms with Gasteiger partial charge in [0.15, 0.2) is 0 Å². The van der Waals surface area contributed by atoms with E-state index in [-0.39, 0.29) is 5.97 Å². The largest absolute Gasteiger partial charge is 0.465 e. The van der Waals surface area contributed by atoms with Gasteiger partial charge in [0.25, 0.3) is 0 Å². The van der Waals surface area contributed by atoms with E-state index in [2.05, 4.69) is 78.4 Å². The molecule has 1 aliphatic rings. The molecule has 0 radical (unpaired) electrons. The highest BCUT2D eigenvalue weighted by Crippen LogP contribution is 2.38. The maximum Gasteiger partial charge on any atom is 0.338 e. The Morgan fingerprint density at radius 2 is 1.76 bits per heavy atom. The van der Waals surface area contributed by atoms with Crippen molar-refractivity contribution in [2.45, 2.75) is 38.0 Å². The molecule has 172 valence electrons. The predicted molar refractivity (Wildman–Crippen MR) is 135 cm³/mol. The summed E-state index contributed by atoms with van der Waals surface area (Å²) in [5.74, 6) is 0.209. The van der Waals surface area contributed by atoms with Gasteiger partial charge in [-0.2, -0.15) is 0 Å². The Kier molecular flexibility index (Phi) is 6.97. The molecule has 5 heteroatoms. The molecule has 0 fully saturated rings. The third kappa shape index (κ3) is 5.03. The molecule has 2 aromatic carbocycles. The number of esters is 1. The number of fused-ring (bicyclic) bond motifs is 1. The number of hydrogen-bond donors (Lipinski definition) is 0. The van der Waals surface area contributed by atoms with E-state index >= 15 is 0 Å². The molecular weight excluding hydrogens is 410 g/mol. The van der Waals surface area contributed by atoms with Gasteiger partial charge in [-0.1, -0.05) is 6.07 Å². The van der Waals surface area contributed by atoms with Crippen molar-refractivity contribution < 1.29 is 9.53 Å². The van der Waals surface area contributed by atoms with Crippen molar-refractivity contribution in [3.63, 3.8) is 0 Å². The Balaban J connectivity index is 1.50. The quantitative estimate of drug-likeness (QED) is 0.435. The van der Waals surface area contributed by atoms with Crippen LogP contribution in [0.3, 0.4) is 0 Å². The number of aryl methyl sites for hydroxylation is 2. The minimum Gasteiger partial charge on any atom is -0.465 e. The zero-order chi connectivity index (χ0) is 23.4. The molecule has 0 amide bonds. The Bertz CT molecular complexity index is 1110. The minimum atomic E-state index is -0.289. The summed E-state index contributed by atoms with van der Waals surface area (Å²) >= 11 is 0. The lowest BCUT2D eigenvalue weighted by atomic mass is 9.79. The zero-order valence-electron chi connectivity index (χ0n) is 20.0. The maximum absolute atomic E-state index is 12.1. The van der Waals surface area contributed by atoms with Gasteiger partial charge < -0.3 is 14.5 Å². The van der Waals surface area contributed by atoms with Crippen LogP contribution >= 0.6 is 0 Å². The first kappa shape index (κ1) is 22.8. The van der Waals surface area contributed by atoms with Gasteiger partial charge in [0.2, 0.25) is 0 Å². The monoisotopic (exact) mass is 443 g/mol. The molecule has 0 spiro atoms. The second-order valence-electron chi connectivity index (χ2n) is 9.01. The number of ether oxygens (including phenoxy) is 1. The number of benzene rings is 2. The number of carbonyl (C=O) groups is 1. The summed E-state index contributed by atoms with van der Waals surface area (Å²) in [5.41, 5.74) is 8.08. The first-order valence-corrected chi connectivity index (χ1v) is 11.6. The van der Waals surface area contributed by atoms with E-state index in [0.29, 0.717) is 11.5 Å². The number of pyridine rings is 1. The van der Waals surface area contributed by atoms with Crippen LogP contribution in [0.4, 0.5) is 17.1 Å². The standard InChI is InChI=1S/C28H33N3O2/c1-30(2)23-10-12-24(13-11-23)31(3)25-14-15-26-20(6-5-7-21(26)18-25)8-9-22-19-29-17-16-27(22)28(32)33-4/h10-20H,5-9H2,1-4H3/t20-/m0/s1. The Morgan fingerprint density at radius 3 is 2.48 bits per heavy atom. The summed E-state index contributed by atoms with van der Waals surface area (Å²) in [6, 6.07) is 17.3. The van der Waals surface area contributed by atoms with E-state index in [0.717, 1.165) is 24.8 Å². The summed E-state index contributed by atoms with van der Waals surface area (Å²) in [5, 5.41) is 0. The number of carbonyl (C=O) groups excluding carboxylic acids is 1. The number of nitrogens with zero attached hydrogens (tertiary/aromatic N) is 3. The highest BCUT2D eigenvalue weighted by atomic mass is 16.5. The van der Waals surface area contributed by atoms with Crippen molar-refractivity contribution in [1.82, 2.24) is 4.98 Å². The smallest absolute Gasteiger partial charge is 0.338 e. The summed E-state index contributed by atoms with van der Waals surface area (Å²) < 4.78 is 4.94. The zero-order valence-corrected chi connectivity index (χ0v) is 20.0. The van der Waals surface area contributed by atoms with E-state index in [4.69, 9.17) is 4.74 Å². The molecule has 1 aliphatic carbocycles. The second kappa shape index (κ2) is 10.1. The number of anilines is 3. The number of rotatable bonds is 7. The van der Waals surface area contributed by atoms with Crippen molar-refractivity contribution >= 4 is 23.0 Å². The van der Waals surface area contributed by atoms with Gasteiger partial charge in [-0.3, -0.25) is 4.98 Å². The average Bonchev–Trinajstić information content (AvgIpc) is 2.86. The Hall–Kier alpha value is -3.34. The van der Waals surface area contributed by atoms with Crippen LogP contribution in [0.25, 0.3) is 0 Å². The maximum atomic E-state index is 12.1. The summed E-state index contributed by atoms with van der Waals surface area (Å²) in [7, 11) is 7.67. The summed E-state index contributed by atoms with van der Waals surface area (Å²) in [4.78, 5) is 20.7. The average molecular weight is 444 g/mol. The fourth-order valence-corrected chi connectivity index (χ4v) is 4.80. The summed E-state index contributed by atoms with van der Waals surface area (Å²) in [6.45, 7) is 0. The van der Waals surface area contributed by atoms with Gasteiger partial charge in [-0.05, 0) is 97.2 Å².